The molecule has 1 aromatic carbocycles. The summed E-state index contributed by atoms with van der Waals surface area (Å²) < 4.78 is 26.0. The lowest BCUT2D eigenvalue weighted by Gasteiger charge is -2.09. The summed E-state index contributed by atoms with van der Waals surface area (Å²) in [5.41, 5.74) is 1.68. The van der Waals surface area contributed by atoms with Crippen molar-refractivity contribution in [2.24, 2.45) is 0 Å². The van der Waals surface area contributed by atoms with Crippen LogP contribution in [0.25, 0.3) is 0 Å². The van der Waals surface area contributed by atoms with Crippen molar-refractivity contribution in [3.05, 3.63) is 24.3 Å². The summed E-state index contributed by atoms with van der Waals surface area (Å²) in [5.74, 6) is 0.186. The summed E-state index contributed by atoms with van der Waals surface area (Å²) in [5, 5.41) is 3.36. The first-order chi connectivity index (χ1) is 8.59. The largest absolute Gasteiger partial charge is 0.382 e. The lowest BCUT2D eigenvalue weighted by Crippen LogP contribution is -2.16. The molecule has 18 heavy (non-hydrogen) atoms. The Balaban J connectivity index is 1.92. The molecule has 0 saturated heterocycles. The van der Waals surface area contributed by atoms with Crippen molar-refractivity contribution >= 4 is 21.4 Å². The molecule has 0 spiro atoms. The van der Waals surface area contributed by atoms with E-state index >= 15 is 0 Å². The Morgan fingerprint density at radius 2 is 1.78 bits per heavy atom. The number of benzene rings is 1. The van der Waals surface area contributed by atoms with Gasteiger partial charge >= 0.3 is 0 Å². The molecule has 1 saturated carbocycles. The Labute approximate surface area is 109 Å². The van der Waals surface area contributed by atoms with Crippen molar-refractivity contribution in [3.8, 4) is 0 Å². The zero-order chi connectivity index (χ0) is 13.0. The molecule has 2 N–H and O–H groups in total. The van der Waals surface area contributed by atoms with Crippen LogP contribution in [0.1, 0.15) is 32.6 Å². The molecule has 100 valence electrons. The van der Waals surface area contributed by atoms with Crippen molar-refractivity contribution < 1.29 is 8.42 Å². The van der Waals surface area contributed by atoms with Gasteiger partial charge in [-0.1, -0.05) is 13.3 Å². The first kappa shape index (κ1) is 13.2. The second-order valence-electron chi connectivity index (χ2n) is 4.77. The summed E-state index contributed by atoms with van der Waals surface area (Å²) in [7, 11) is -3.19. The van der Waals surface area contributed by atoms with Crippen LogP contribution in [0.15, 0.2) is 24.3 Å². The predicted octanol–water partition coefficient (Wildman–Crippen LogP) is 2.80. The smallest absolute Gasteiger partial charge is 0.232 e. The highest BCUT2D eigenvalue weighted by Crippen LogP contribution is 2.25. The van der Waals surface area contributed by atoms with Crippen LogP contribution < -0.4 is 10.0 Å². The monoisotopic (exact) mass is 268 g/mol. The molecule has 0 unspecified atom stereocenters. The van der Waals surface area contributed by atoms with Gasteiger partial charge in [-0.3, -0.25) is 4.72 Å². The van der Waals surface area contributed by atoms with E-state index in [-0.39, 0.29) is 5.75 Å². The van der Waals surface area contributed by atoms with E-state index in [2.05, 4.69) is 10.0 Å². The maximum Gasteiger partial charge on any atom is 0.232 e. The normalized spacial score (nSPS) is 15.4. The van der Waals surface area contributed by atoms with Gasteiger partial charge in [0.1, 0.15) is 0 Å². The van der Waals surface area contributed by atoms with Gasteiger partial charge in [-0.05, 0) is 43.5 Å². The molecule has 0 aliphatic heterocycles. The van der Waals surface area contributed by atoms with E-state index in [9.17, 15) is 8.42 Å². The molecule has 0 atom stereocenters. The van der Waals surface area contributed by atoms with Crippen LogP contribution in [-0.4, -0.2) is 20.2 Å². The molecule has 0 amide bonds. The number of hydrogen-bond donors (Lipinski definition) is 2. The third-order valence-corrected chi connectivity index (χ3v) is 4.25. The molecule has 4 nitrogen and oxygen atoms in total. The molecule has 2 rings (SSSR count). The number of nitrogens with one attached hydrogen (secondary N) is 2. The Hall–Kier alpha value is -1.23. The Morgan fingerprint density at radius 1 is 1.17 bits per heavy atom. The van der Waals surface area contributed by atoms with Crippen LogP contribution in [0.3, 0.4) is 0 Å². The standard InChI is InChI=1S/C13H20N2O2S/c1-2-3-10-18(16,17)15-13-8-6-12(7-9-13)14-11-4-5-11/h6-9,11,14-15H,2-5,10H2,1H3. The molecule has 1 aliphatic rings. The van der Waals surface area contributed by atoms with Gasteiger partial charge in [0.2, 0.25) is 10.0 Å². The zero-order valence-corrected chi connectivity index (χ0v) is 11.5. The molecule has 5 heteroatoms. The summed E-state index contributed by atoms with van der Waals surface area (Å²) in [4.78, 5) is 0. The van der Waals surface area contributed by atoms with Crippen molar-refractivity contribution in [1.29, 1.82) is 0 Å². The molecule has 1 fully saturated rings. The van der Waals surface area contributed by atoms with E-state index in [1.165, 1.54) is 12.8 Å². The van der Waals surface area contributed by atoms with E-state index in [4.69, 9.17) is 0 Å². The molecule has 0 radical (unpaired) electrons. The van der Waals surface area contributed by atoms with E-state index in [0.29, 0.717) is 18.2 Å². The number of anilines is 2. The summed E-state index contributed by atoms with van der Waals surface area (Å²) in [6, 6.07) is 8.03. The van der Waals surface area contributed by atoms with E-state index in [1.54, 1.807) is 12.1 Å². The van der Waals surface area contributed by atoms with Gasteiger partial charge < -0.3 is 5.32 Å². The quantitative estimate of drug-likeness (QED) is 0.799. The number of rotatable bonds is 7. The minimum absolute atomic E-state index is 0.186. The van der Waals surface area contributed by atoms with Gasteiger partial charge in [0.05, 0.1) is 5.75 Å². The maximum absolute atomic E-state index is 11.7. The summed E-state index contributed by atoms with van der Waals surface area (Å²) in [6.45, 7) is 1.98. The average molecular weight is 268 g/mol. The topological polar surface area (TPSA) is 58.2 Å². The van der Waals surface area contributed by atoms with Crippen molar-refractivity contribution in [2.75, 3.05) is 15.8 Å². The maximum atomic E-state index is 11.7. The summed E-state index contributed by atoms with van der Waals surface area (Å²) >= 11 is 0. The molecular formula is C13H20N2O2S. The fourth-order valence-corrected chi connectivity index (χ4v) is 2.93. The van der Waals surface area contributed by atoms with Gasteiger partial charge in [0.15, 0.2) is 0 Å². The first-order valence-electron chi connectivity index (χ1n) is 6.46. The van der Waals surface area contributed by atoms with Crippen LogP contribution in [0.2, 0.25) is 0 Å². The minimum Gasteiger partial charge on any atom is -0.382 e. The molecule has 1 aromatic rings. The van der Waals surface area contributed by atoms with Crippen molar-refractivity contribution in [2.45, 2.75) is 38.6 Å². The highest BCUT2D eigenvalue weighted by molar-refractivity contribution is 7.92. The van der Waals surface area contributed by atoms with Crippen LogP contribution >= 0.6 is 0 Å². The lowest BCUT2D eigenvalue weighted by atomic mass is 10.3. The van der Waals surface area contributed by atoms with Crippen LogP contribution in [0.5, 0.6) is 0 Å². The van der Waals surface area contributed by atoms with E-state index < -0.39 is 10.0 Å². The van der Waals surface area contributed by atoms with Crippen LogP contribution in [0.4, 0.5) is 11.4 Å². The molecule has 0 heterocycles. The second-order valence-corrected chi connectivity index (χ2v) is 6.61. The fraction of sp³-hybridized carbons (Fsp3) is 0.538. The lowest BCUT2D eigenvalue weighted by molar-refractivity contribution is 0.598. The summed E-state index contributed by atoms with van der Waals surface area (Å²) in [6.07, 6.45) is 4.03. The van der Waals surface area contributed by atoms with E-state index in [0.717, 1.165) is 12.1 Å². The predicted molar refractivity (Wildman–Crippen MR) is 75.4 cm³/mol. The Morgan fingerprint density at radius 3 is 2.33 bits per heavy atom. The van der Waals surface area contributed by atoms with Crippen LogP contribution in [0, 0.1) is 0 Å². The van der Waals surface area contributed by atoms with Gasteiger partial charge in [-0.15, -0.1) is 0 Å². The number of unbranched alkanes of at least 4 members (excludes halogenated alkanes) is 1. The van der Waals surface area contributed by atoms with Gasteiger partial charge in [-0.25, -0.2) is 8.42 Å². The highest BCUT2D eigenvalue weighted by Gasteiger charge is 2.20. The first-order valence-corrected chi connectivity index (χ1v) is 8.11. The van der Waals surface area contributed by atoms with E-state index in [1.807, 2.05) is 19.1 Å². The van der Waals surface area contributed by atoms with Crippen molar-refractivity contribution in [3.63, 3.8) is 0 Å². The fourth-order valence-electron chi connectivity index (χ4n) is 1.66. The third kappa shape index (κ3) is 4.22. The van der Waals surface area contributed by atoms with Crippen LogP contribution in [-0.2, 0) is 10.0 Å². The number of sulfonamides is 1. The van der Waals surface area contributed by atoms with Gasteiger partial charge in [0.25, 0.3) is 0 Å². The van der Waals surface area contributed by atoms with Gasteiger partial charge in [-0.2, -0.15) is 0 Å². The zero-order valence-electron chi connectivity index (χ0n) is 10.6. The SMILES string of the molecule is CCCCS(=O)(=O)Nc1ccc(NC2CC2)cc1. The number of hydrogen-bond acceptors (Lipinski definition) is 3. The van der Waals surface area contributed by atoms with Crippen molar-refractivity contribution in [1.82, 2.24) is 0 Å². The third-order valence-electron chi connectivity index (χ3n) is 2.87. The molecule has 1 aliphatic carbocycles. The Kier molecular flexibility index (Phi) is 4.11. The molecule has 0 bridgehead atoms. The second kappa shape index (κ2) is 5.61. The van der Waals surface area contributed by atoms with Gasteiger partial charge in [0, 0.05) is 17.4 Å². The Bertz CT molecular complexity index is 478. The molecule has 0 aromatic heterocycles. The highest BCUT2D eigenvalue weighted by atomic mass is 32.2. The minimum atomic E-state index is -3.19. The average Bonchev–Trinajstić information content (AvgIpc) is 3.13. The molecular weight excluding hydrogens is 248 g/mol.